The van der Waals surface area contributed by atoms with Gasteiger partial charge in [0.2, 0.25) is 5.00 Å². The fourth-order valence-electron chi connectivity index (χ4n) is 5.31. The summed E-state index contributed by atoms with van der Waals surface area (Å²) in [5.74, 6) is -0.550. The van der Waals surface area contributed by atoms with E-state index in [-0.39, 0.29) is 22.3 Å². The van der Waals surface area contributed by atoms with Crippen molar-refractivity contribution in [2.45, 2.75) is 4.90 Å². The van der Waals surface area contributed by atoms with Crippen LogP contribution in [0.5, 0.6) is 5.75 Å². The van der Waals surface area contributed by atoms with Gasteiger partial charge in [-0.3, -0.25) is 4.79 Å². The Morgan fingerprint density at radius 3 is 2.50 bits per heavy atom. The highest BCUT2D eigenvalue weighted by molar-refractivity contribution is 7.90. The average molecular weight is 602 g/mol. The summed E-state index contributed by atoms with van der Waals surface area (Å²) in [6.45, 7) is 8.68. The summed E-state index contributed by atoms with van der Waals surface area (Å²) < 4.78 is 54.9. The monoisotopic (exact) mass is 601 g/mol. The van der Waals surface area contributed by atoms with Crippen LogP contribution < -0.4 is 9.64 Å². The lowest BCUT2D eigenvalue weighted by Gasteiger charge is -2.39. The van der Waals surface area contributed by atoms with Crippen molar-refractivity contribution < 1.29 is 27.1 Å². The summed E-state index contributed by atoms with van der Waals surface area (Å²) >= 11 is 1.23. The fraction of sp³-hybridized carbons (Fsp3) is 0.161. The van der Waals surface area contributed by atoms with Crippen LogP contribution in [0, 0.1) is 18.3 Å². The van der Waals surface area contributed by atoms with Gasteiger partial charge in [0.15, 0.2) is 0 Å². The van der Waals surface area contributed by atoms with Gasteiger partial charge in [-0.1, -0.05) is 18.2 Å². The van der Waals surface area contributed by atoms with E-state index < -0.39 is 15.8 Å². The minimum absolute atomic E-state index is 0.0212. The van der Waals surface area contributed by atoms with Gasteiger partial charge >= 0.3 is 5.97 Å². The van der Waals surface area contributed by atoms with Crippen LogP contribution in [0.4, 0.5) is 15.1 Å². The minimum atomic E-state index is -4.23. The van der Waals surface area contributed by atoms with E-state index in [2.05, 4.69) is 4.85 Å². The summed E-state index contributed by atoms with van der Waals surface area (Å²) in [6, 6.07) is 19.1. The Morgan fingerprint density at radius 1 is 1.05 bits per heavy atom. The third-order valence-electron chi connectivity index (χ3n) is 7.40. The molecule has 212 valence electrons. The minimum Gasteiger partial charge on any atom is -0.497 e. The van der Waals surface area contributed by atoms with Gasteiger partial charge in [-0.25, -0.2) is 21.6 Å². The van der Waals surface area contributed by atoms with E-state index in [1.807, 2.05) is 23.1 Å². The number of carbonyl (C=O) groups is 1. The van der Waals surface area contributed by atoms with Crippen molar-refractivity contribution >= 4 is 48.9 Å². The second-order valence-corrected chi connectivity index (χ2v) is 12.4. The molecule has 0 spiro atoms. The summed E-state index contributed by atoms with van der Waals surface area (Å²) in [4.78, 5) is 17.7. The maximum atomic E-state index is 14.8. The molecule has 3 heterocycles. The summed E-state index contributed by atoms with van der Waals surface area (Å²) in [7, 11) is -1.37. The van der Waals surface area contributed by atoms with Crippen LogP contribution in [0.15, 0.2) is 83.1 Å². The topological polar surface area (TPSA) is 82.2 Å². The highest BCUT2D eigenvalue weighted by Gasteiger charge is 2.35. The van der Waals surface area contributed by atoms with Crippen molar-refractivity contribution in [1.82, 2.24) is 3.97 Å². The van der Waals surface area contributed by atoms with Crippen LogP contribution in [-0.2, 0) is 19.6 Å². The van der Waals surface area contributed by atoms with E-state index in [9.17, 15) is 17.6 Å². The Labute approximate surface area is 246 Å². The number of thiophene rings is 1. The van der Waals surface area contributed by atoms with Crippen molar-refractivity contribution in [3.8, 4) is 28.1 Å². The molecule has 11 heteroatoms. The molecule has 1 saturated heterocycles. The van der Waals surface area contributed by atoms with Gasteiger partial charge < -0.3 is 14.4 Å². The standard InChI is InChI=1S/C31H24FN3O5S2/c1-33-30-25(13-14-41-30)28-26-16-21(32)7-12-27(26)35(42(37,38)24-10-8-23(39-2)9-11-24)29(28)19-5-4-6-22(15-19)34-17-20(18-34)31(36)40-3/h4-16,20H,17-18H2,2-3H3. The molecular weight excluding hydrogens is 577 g/mol. The summed E-state index contributed by atoms with van der Waals surface area (Å²) in [5, 5.41) is 2.49. The Morgan fingerprint density at radius 2 is 1.81 bits per heavy atom. The SMILES string of the molecule is [C-]#[N+]c1sccc1-c1c(-c2cccc(N3CC(C(=O)OC)C3)c2)n(S(=O)(=O)c2ccc(OC)cc2)c2ccc(F)cc12. The second-order valence-electron chi connectivity index (χ2n) is 9.76. The quantitative estimate of drug-likeness (QED) is 0.155. The van der Waals surface area contributed by atoms with E-state index in [1.165, 1.54) is 59.9 Å². The number of carbonyl (C=O) groups excluding carboxylic acids is 1. The maximum Gasteiger partial charge on any atom is 0.312 e. The average Bonchev–Trinajstić information content (AvgIpc) is 3.58. The summed E-state index contributed by atoms with van der Waals surface area (Å²) in [5.41, 5.74) is 2.89. The van der Waals surface area contributed by atoms with Crippen molar-refractivity contribution in [3.63, 3.8) is 0 Å². The van der Waals surface area contributed by atoms with Crippen LogP contribution in [0.25, 0.3) is 38.1 Å². The largest absolute Gasteiger partial charge is 0.497 e. The van der Waals surface area contributed by atoms with Crippen molar-refractivity contribution in [2.75, 3.05) is 32.2 Å². The molecule has 0 radical (unpaired) electrons. The lowest BCUT2D eigenvalue weighted by atomic mass is 9.97. The first kappa shape index (κ1) is 27.5. The molecule has 2 aromatic heterocycles. The van der Waals surface area contributed by atoms with Gasteiger partial charge in [0.05, 0.1) is 42.8 Å². The number of nitrogens with zero attached hydrogens (tertiary/aromatic N) is 3. The van der Waals surface area contributed by atoms with Gasteiger partial charge in [-0.05, 0) is 60.0 Å². The van der Waals surface area contributed by atoms with E-state index >= 15 is 0 Å². The Balaban J connectivity index is 1.63. The van der Waals surface area contributed by atoms with Gasteiger partial charge in [-0.2, -0.15) is 11.3 Å². The molecule has 3 aromatic carbocycles. The number of methoxy groups -OCH3 is 2. The second kappa shape index (κ2) is 10.6. The first-order valence-corrected chi connectivity index (χ1v) is 15.2. The molecule has 1 aliphatic heterocycles. The fourth-order valence-corrected chi connectivity index (χ4v) is 7.53. The van der Waals surface area contributed by atoms with Crippen LogP contribution in [0.2, 0.25) is 0 Å². The van der Waals surface area contributed by atoms with Crippen LogP contribution in [0.1, 0.15) is 0 Å². The summed E-state index contributed by atoms with van der Waals surface area (Å²) in [6.07, 6.45) is 0. The molecule has 0 amide bonds. The molecule has 0 aliphatic carbocycles. The maximum absolute atomic E-state index is 14.8. The third kappa shape index (κ3) is 4.49. The Bertz CT molecular complexity index is 1990. The molecule has 0 bridgehead atoms. The lowest BCUT2D eigenvalue weighted by molar-refractivity contribution is -0.146. The highest BCUT2D eigenvalue weighted by atomic mass is 32.2. The van der Waals surface area contributed by atoms with Gasteiger partial charge in [0.1, 0.15) is 11.6 Å². The number of ether oxygens (including phenoxy) is 2. The first-order valence-electron chi connectivity index (χ1n) is 12.9. The zero-order chi connectivity index (χ0) is 29.6. The zero-order valence-electron chi connectivity index (χ0n) is 22.6. The molecule has 0 atom stereocenters. The number of fused-ring (bicyclic) bond motifs is 1. The molecule has 0 unspecified atom stereocenters. The number of anilines is 1. The van der Waals surface area contributed by atoms with E-state index in [4.69, 9.17) is 16.0 Å². The normalized spacial score (nSPS) is 13.5. The smallest absolute Gasteiger partial charge is 0.312 e. The number of halogens is 1. The van der Waals surface area contributed by atoms with Gasteiger partial charge in [-0.15, -0.1) is 0 Å². The molecular formula is C31H24FN3O5S2. The first-order chi connectivity index (χ1) is 20.3. The lowest BCUT2D eigenvalue weighted by Crippen LogP contribution is -2.50. The van der Waals surface area contributed by atoms with Crippen LogP contribution in [-0.4, -0.2) is 45.7 Å². The van der Waals surface area contributed by atoms with Crippen LogP contribution in [0.3, 0.4) is 0 Å². The van der Waals surface area contributed by atoms with Crippen molar-refractivity contribution in [1.29, 1.82) is 0 Å². The highest BCUT2D eigenvalue weighted by Crippen LogP contribution is 2.48. The molecule has 6 rings (SSSR count). The predicted molar refractivity (Wildman–Crippen MR) is 160 cm³/mol. The molecule has 1 fully saturated rings. The number of aromatic nitrogens is 1. The van der Waals surface area contributed by atoms with Crippen LogP contribution >= 0.6 is 11.3 Å². The Hall–Kier alpha value is -4.66. The Kier molecular flexibility index (Phi) is 6.96. The van der Waals surface area contributed by atoms with E-state index in [1.54, 1.807) is 29.6 Å². The zero-order valence-corrected chi connectivity index (χ0v) is 24.2. The molecule has 1 aliphatic rings. The number of hydrogen-bond donors (Lipinski definition) is 0. The molecule has 5 aromatic rings. The number of hydrogen-bond acceptors (Lipinski definition) is 7. The van der Waals surface area contributed by atoms with E-state index in [0.717, 1.165) is 5.69 Å². The molecule has 0 N–H and O–H groups in total. The van der Waals surface area contributed by atoms with Crippen molar-refractivity contribution in [2.24, 2.45) is 5.92 Å². The molecule has 8 nitrogen and oxygen atoms in total. The predicted octanol–water partition coefficient (Wildman–Crippen LogP) is 6.58. The van der Waals surface area contributed by atoms with Crippen molar-refractivity contribution in [3.05, 3.63) is 95.4 Å². The van der Waals surface area contributed by atoms with Gasteiger partial charge in [0.25, 0.3) is 10.0 Å². The third-order valence-corrected chi connectivity index (χ3v) is 9.94. The van der Waals surface area contributed by atoms with Gasteiger partial charge in [0, 0.05) is 40.9 Å². The van der Waals surface area contributed by atoms with E-state index in [0.29, 0.717) is 51.6 Å². The number of benzene rings is 3. The number of rotatable bonds is 7. The molecule has 42 heavy (non-hydrogen) atoms. The number of esters is 1. The molecule has 0 saturated carbocycles.